The Balaban J connectivity index is 0.00000220. The molecule has 0 radical (unpaired) electrons. The molecule has 0 aliphatic heterocycles. The molecule has 0 aliphatic rings. The van der Waals surface area contributed by atoms with Crippen molar-refractivity contribution in [1.29, 1.82) is 0 Å². The molecule has 0 atom stereocenters. The van der Waals surface area contributed by atoms with Gasteiger partial charge in [0, 0.05) is 24.9 Å². The van der Waals surface area contributed by atoms with Crippen LogP contribution in [0, 0.1) is 5.92 Å². The summed E-state index contributed by atoms with van der Waals surface area (Å²) in [5.74, 6) is 2.14. The smallest absolute Gasteiger partial charge is 0.188 e. The average molecular weight is 401 g/mol. The van der Waals surface area contributed by atoms with Crippen molar-refractivity contribution in [1.82, 2.24) is 5.32 Å². The summed E-state index contributed by atoms with van der Waals surface area (Å²) in [7, 11) is 0. The molecular formula is C16H24IN3O. The first-order valence-electron chi connectivity index (χ1n) is 7.16. The number of fused-ring (bicyclic) bond motifs is 1. The van der Waals surface area contributed by atoms with Crippen LogP contribution < -0.4 is 11.1 Å². The summed E-state index contributed by atoms with van der Waals surface area (Å²) < 4.78 is 5.74. The first-order valence-corrected chi connectivity index (χ1v) is 7.16. The van der Waals surface area contributed by atoms with E-state index in [4.69, 9.17) is 10.2 Å². The van der Waals surface area contributed by atoms with Crippen LogP contribution in [0.15, 0.2) is 39.7 Å². The maximum absolute atomic E-state index is 5.81. The van der Waals surface area contributed by atoms with Crippen LogP contribution in [0.4, 0.5) is 0 Å². The summed E-state index contributed by atoms with van der Waals surface area (Å²) in [6.45, 7) is 5.87. The maximum atomic E-state index is 5.81. The van der Waals surface area contributed by atoms with Gasteiger partial charge < -0.3 is 15.5 Å². The number of hydrogen-bond acceptors (Lipinski definition) is 2. The minimum absolute atomic E-state index is 0. The maximum Gasteiger partial charge on any atom is 0.188 e. The fraction of sp³-hybridized carbons (Fsp3) is 0.438. The lowest BCUT2D eigenvalue weighted by atomic mass is 10.1. The zero-order valence-electron chi connectivity index (χ0n) is 12.6. The summed E-state index contributed by atoms with van der Waals surface area (Å²) in [6, 6.07) is 10.1. The van der Waals surface area contributed by atoms with Gasteiger partial charge in [-0.25, -0.2) is 0 Å². The van der Waals surface area contributed by atoms with Gasteiger partial charge in [-0.05, 0) is 24.5 Å². The molecule has 1 heterocycles. The largest absolute Gasteiger partial charge is 0.461 e. The van der Waals surface area contributed by atoms with Gasteiger partial charge in [0.25, 0.3) is 0 Å². The predicted molar refractivity (Wildman–Crippen MR) is 99.3 cm³/mol. The number of nitrogens with zero attached hydrogens (tertiary/aromatic N) is 1. The van der Waals surface area contributed by atoms with Gasteiger partial charge in [0.05, 0.1) is 0 Å². The fourth-order valence-electron chi connectivity index (χ4n) is 1.97. The van der Waals surface area contributed by atoms with Crippen LogP contribution in [-0.4, -0.2) is 19.0 Å². The van der Waals surface area contributed by atoms with E-state index in [1.165, 1.54) is 0 Å². The number of rotatable bonds is 6. The Morgan fingerprint density at radius 1 is 1.33 bits per heavy atom. The molecule has 0 saturated heterocycles. The molecule has 116 valence electrons. The van der Waals surface area contributed by atoms with Gasteiger partial charge in [-0.3, -0.25) is 4.99 Å². The lowest BCUT2D eigenvalue weighted by Crippen LogP contribution is -2.33. The third-order valence-electron chi connectivity index (χ3n) is 3.14. The summed E-state index contributed by atoms with van der Waals surface area (Å²) in [4.78, 5) is 4.29. The number of halogens is 1. The molecule has 0 unspecified atom stereocenters. The van der Waals surface area contributed by atoms with Crippen LogP contribution in [0.1, 0.15) is 26.0 Å². The quantitative estimate of drug-likeness (QED) is 0.442. The van der Waals surface area contributed by atoms with Crippen LogP contribution in [0.2, 0.25) is 0 Å². The average Bonchev–Trinajstić information content (AvgIpc) is 2.80. The summed E-state index contributed by atoms with van der Waals surface area (Å²) >= 11 is 0. The van der Waals surface area contributed by atoms with Crippen LogP contribution >= 0.6 is 24.0 Å². The number of hydrogen-bond donors (Lipinski definition) is 2. The molecule has 21 heavy (non-hydrogen) atoms. The molecule has 0 bridgehead atoms. The molecule has 3 N–H and O–H groups in total. The molecule has 1 aromatic carbocycles. The lowest BCUT2D eigenvalue weighted by Gasteiger charge is -2.05. The predicted octanol–water partition coefficient (Wildman–Crippen LogP) is 3.54. The molecule has 2 rings (SSSR count). The topological polar surface area (TPSA) is 63.5 Å². The number of nitrogens with two attached hydrogens (primary N) is 1. The first kappa shape index (κ1) is 17.8. The zero-order valence-corrected chi connectivity index (χ0v) is 15.0. The highest BCUT2D eigenvalue weighted by Gasteiger charge is 2.02. The summed E-state index contributed by atoms with van der Waals surface area (Å²) in [5.41, 5.74) is 6.74. The van der Waals surface area contributed by atoms with E-state index in [2.05, 4.69) is 36.3 Å². The van der Waals surface area contributed by atoms with Gasteiger partial charge in [0.2, 0.25) is 0 Å². The molecule has 0 aliphatic carbocycles. The van der Waals surface area contributed by atoms with E-state index < -0.39 is 0 Å². The van der Waals surface area contributed by atoms with Crippen molar-refractivity contribution in [2.45, 2.75) is 26.7 Å². The van der Waals surface area contributed by atoms with E-state index in [0.717, 1.165) is 42.7 Å². The molecule has 0 saturated carbocycles. The minimum atomic E-state index is 0. The van der Waals surface area contributed by atoms with Gasteiger partial charge in [-0.15, -0.1) is 24.0 Å². The van der Waals surface area contributed by atoms with Crippen LogP contribution in [0.5, 0.6) is 0 Å². The van der Waals surface area contributed by atoms with Gasteiger partial charge in [-0.1, -0.05) is 32.0 Å². The summed E-state index contributed by atoms with van der Waals surface area (Å²) in [6.07, 6.45) is 1.86. The molecular weight excluding hydrogens is 377 g/mol. The van der Waals surface area contributed by atoms with Gasteiger partial charge >= 0.3 is 0 Å². The van der Waals surface area contributed by atoms with E-state index in [9.17, 15) is 0 Å². The van der Waals surface area contributed by atoms with Crippen molar-refractivity contribution in [2.75, 3.05) is 13.1 Å². The monoisotopic (exact) mass is 401 g/mol. The standard InChI is InChI=1S/C16H23N3O.HI/c1-12(2)7-9-18-16(17)19-10-8-14-11-13-5-3-4-6-15(13)20-14;/h3-6,11-12H,7-10H2,1-2H3,(H3,17,18,19);1H. The van der Waals surface area contributed by atoms with Crippen molar-refractivity contribution in [3.63, 3.8) is 0 Å². The number of nitrogens with one attached hydrogen (secondary N) is 1. The molecule has 5 heteroatoms. The van der Waals surface area contributed by atoms with Gasteiger partial charge in [0.15, 0.2) is 5.96 Å². The van der Waals surface area contributed by atoms with Gasteiger partial charge in [-0.2, -0.15) is 0 Å². The lowest BCUT2D eigenvalue weighted by molar-refractivity contribution is 0.545. The zero-order chi connectivity index (χ0) is 14.4. The molecule has 2 aromatic rings. The van der Waals surface area contributed by atoms with Crippen LogP contribution in [-0.2, 0) is 6.42 Å². The van der Waals surface area contributed by atoms with E-state index in [1.54, 1.807) is 0 Å². The SMILES string of the molecule is CC(C)CCN=C(N)NCCc1cc2ccccc2o1.I. The Bertz CT molecular complexity index is 545. The van der Waals surface area contributed by atoms with Gasteiger partial charge in [0.1, 0.15) is 11.3 Å². The third kappa shape index (κ3) is 5.95. The first-order chi connectivity index (χ1) is 9.65. The van der Waals surface area contributed by atoms with Crippen LogP contribution in [0.3, 0.4) is 0 Å². The summed E-state index contributed by atoms with van der Waals surface area (Å²) in [5, 5.41) is 4.26. The van der Waals surface area contributed by atoms with Crippen molar-refractivity contribution < 1.29 is 4.42 Å². The third-order valence-corrected chi connectivity index (χ3v) is 3.14. The normalized spacial score (nSPS) is 11.7. The van der Waals surface area contributed by atoms with Crippen LogP contribution in [0.25, 0.3) is 11.0 Å². The number of para-hydroxylation sites is 1. The van der Waals surface area contributed by atoms with E-state index in [0.29, 0.717) is 11.9 Å². The molecule has 0 spiro atoms. The highest BCUT2D eigenvalue weighted by atomic mass is 127. The second-order valence-corrected chi connectivity index (χ2v) is 5.38. The number of furan rings is 1. The number of benzene rings is 1. The Morgan fingerprint density at radius 3 is 2.81 bits per heavy atom. The Hall–Kier alpha value is -1.24. The van der Waals surface area contributed by atoms with E-state index >= 15 is 0 Å². The Morgan fingerprint density at radius 2 is 2.10 bits per heavy atom. The molecule has 0 amide bonds. The highest BCUT2D eigenvalue weighted by Crippen LogP contribution is 2.18. The van der Waals surface area contributed by atoms with Crippen molar-refractivity contribution in [2.24, 2.45) is 16.6 Å². The second-order valence-electron chi connectivity index (χ2n) is 5.38. The highest BCUT2D eigenvalue weighted by molar-refractivity contribution is 14.0. The Kier molecular flexibility index (Phi) is 7.56. The van der Waals surface area contributed by atoms with Crippen molar-refractivity contribution in [3.8, 4) is 0 Å². The molecule has 0 fully saturated rings. The van der Waals surface area contributed by atoms with E-state index in [1.807, 2.05) is 18.2 Å². The molecule has 4 nitrogen and oxygen atoms in total. The fourth-order valence-corrected chi connectivity index (χ4v) is 1.97. The second kappa shape index (κ2) is 8.92. The van der Waals surface area contributed by atoms with E-state index in [-0.39, 0.29) is 24.0 Å². The molecule has 1 aromatic heterocycles. The minimum Gasteiger partial charge on any atom is -0.461 e. The van der Waals surface area contributed by atoms with Crippen molar-refractivity contribution in [3.05, 3.63) is 36.1 Å². The Labute approximate surface area is 143 Å². The number of guanidine groups is 1. The van der Waals surface area contributed by atoms with Crippen molar-refractivity contribution >= 4 is 40.9 Å². The number of aliphatic imine (C=N–C) groups is 1.